The fraction of sp³-hybridized carbons (Fsp3) is 0.103. The Balaban J connectivity index is 1.07. The van der Waals surface area contributed by atoms with E-state index in [1.165, 1.54) is 5.56 Å². The number of rotatable bonds is 14. The van der Waals surface area contributed by atoms with E-state index >= 15 is 0 Å². The number of pyridine rings is 1. The second-order valence-electron chi connectivity index (χ2n) is 11.1. The number of ether oxygens (including phenoxy) is 1. The molecule has 4 aromatic carbocycles. The number of benzene rings is 4. The first-order valence-corrected chi connectivity index (χ1v) is 16.7. The predicted molar refractivity (Wildman–Crippen MR) is 202 cm³/mol. The minimum Gasteiger partial charge on any atom is -0.493 e. The van der Waals surface area contributed by atoms with Crippen LogP contribution < -0.4 is 20.7 Å². The van der Waals surface area contributed by atoms with Crippen LogP contribution in [-0.4, -0.2) is 32.3 Å². The summed E-state index contributed by atoms with van der Waals surface area (Å²) < 4.78 is 5.88. The first kappa shape index (κ1) is 34.1. The lowest BCUT2D eigenvalue weighted by Crippen LogP contribution is -2.07. The van der Waals surface area contributed by atoms with Crippen LogP contribution in [0, 0.1) is 0 Å². The van der Waals surface area contributed by atoms with Crippen molar-refractivity contribution in [3.8, 4) is 5.75 Å². The highest BCUT2D eigenvalue weighted by atomic mass is 35.5. The highest BCUT2D eigenvalue weighted by Crippen LogP contribution is 2.23. The number of nitrogens with one attached hydrogen (secondary N) is 3. The van der Waals surface area contributed by atoms with Gasteiger partial charge in [-0.25, -0.2) is 0 Å². The molecule has 0 spiro atoms. The van der Waals surface area contributed by atoms with Gasteiger partial charge in [0.05, 0.1) is 6.61 Å². The maximum Gasteiger partial charge on any atom is 0.233 e. The van der Waals surface area contributed by atoms with E-state index in [-0.39, 0.29) is 5.78 Å². The summed E-state index contributed by atoms with van der Waals surface area (Å²) >= 11 is 12.1. The number of hydrogen-bond donors (Lipinski definition) is 3. The number of carbonyl (C=O) groups is 1. The van der Waals surface area contributed by atoms with Gasteiger partial charge in [-0.1, -0.05) is 54.4 Å². The van der Waals surface area contributed by atoms with Gasteiger partial charge in [0.1, 0.15) is 5.75 Å². The van der Waals surface area contributed by atoms with Crippen LogP contribution in [0.15, 0.2) is 121 Å². The largest absolute Gasteiger partial charge is 0.493 e. The second kappa shape index (κ2) is 16.6. The average molecular weight is 703 g/mol. The molecule has 3 N–H and O–H groups in total. The van der Waals surface area contributed by atoms with Crippen LogP contribution in [0.5, 0.6) is 5.75 Å². The van der Waals surface area contributed by atoms with Crippen LogP contribution >= 0.6 is 23.2 Å². The van der Waals surface area contributed by atoms with Crippen molar-refractivity contribution in [1.29, 1.82) is 0 Å². The Kier molecular flexibility index (Phi) is 11.3. The quantitative estimate of drug-likeness (QED) is 0.0754. The minimum atomic E-state index is -0.123. The fourth-order valence-electron chi connectivity index (χ4n) is 4.74. The maximum absolute atomic E-state index is 12.9. The van der Waals surface area contributed by atoms with Gasteiger partial charge in [-0.15, -0.1) is 0 Å². The molecule has 11 heteroatoms. The summed E-state index contributed by atoms with van der Waals surface area (Å²) in [5.74, 6) is 1.56. The summed E-state index contributed by atoms with van der Waals surface area (Å²) in [5, 5.41) is 10.8. The number of carbonyl (C=O) groups excluding carboxylic acids is 1. The molecular formula is C39H33Cl2N7O2. The molecule has 0 saturated heterocycles. The number of allylic oxidation sites excluding steroid dienone is 1. The third-order valence-corrected chi connectivity index (χ3v) is 7.99. The molecule has 0 aliphatic rings. The Hall–Kier alpha value is -5.77. The monoisotopic (exact) mass is 701 g/mol. The molecule has 6 aromatic rings. The van der Waals surface area contributed by atoms with Crippen molar-refractivity contribution < 1.29 is 9.53 Å². The van der Waals surface area contributed by atoms with Gasteiger partial charge in [0.25, 0.3) is 0 Å². The SMILES string of the molecule is CCc1ccc(CCOc2ccc(/C=C/C(=O)c3ccc(Nc4nc(Nc5ccc(Cl)cc5)nc(Nc5ccc(Cl)cc5)n4)cc3)cc2)nc1. The second-order valence-corrected chi connectivity index (χ2v) is 12.0. The zero-order valence-electron chi connectivity index (χ0n) is 27.1. The zero-order chi connectivity index (χ0) is 34.7. The fourth-order valence-corrected chi connectivity index (χ4v) is 5.00. The standard InChI is InChI=1S/C39H33Cl2N7O2/c1-2-26-3-13-31(42-25-26)23-24-50-35-20-4-27(5-21-35)6-22-36(49)28-7-14-32(15-8-28)43-37-46-38(44-33-16-9-29(40)10-17-33)48-39(47-37)45-34-18-11-30(41)12-19-34/h3-22,25H,2,23-24H2,1H3,(H3,43,44,45,46,47,48)/b22-6+. The van der Waals surface area contributed by atoms with Crippen molar-refractivity contribution in [2.24, 2.45) is 0 Å². The van der Waals surface area contributed by atoms with E-state index in [1.54, 1.807) is 60.7 Å². The third kappa shape index (κ3) is 9.88. The number of ketones is 1. The van der Waals surface area contributed by atoms with Crippen LogP contribution in [0.4, 0.5) is 34.9 Å². The number of nitrogens with zero attached hydrogens (tertiary/aromatic N) is 4. The van der Waals surface area contributed by atoms with E-state index in [4.69, 9.17) is 27.9 Å². The number of aryl methyl sites for hydroxylation is 1. The van der Waals surface area contributed by atoms with Gasteiger partial charge < -0.3 is 20.7 Å². The Morgan fingerprint density at radius 3 is 1.68 bits per heavy atom. The number of hydrogen-bond acceptors (Lipinski definition) is 9. The molecule has 0 unspecified atom stereocenters. The lowest BCUT2D eigenvalue weighted by Gasteiger charge is -2.12. The smallest absolute Gasteiger partial charge is 0.233 e. The highest BCUT2D eigenvalue weighted by Gasteiger charge is 2.10. The van der Waals surface area contributed by atoms with E-state index in [2.05, 4.69) is 48.9 Å². The van der Waals surface area contributed by atoms with Crippen molar-refractivity contribution in [2.45, 2.75) is 19.8 Å². The highest BCUT2D eigenvalue weighted by molar-refractivity contribution is 6.30. The first-order valence-electron chi connectivity index (χ1n) is 16.0. The van der Waals surface area contributed by atoms with Crippen molar-refractivity contribution in [1.82, 2.24) is 19.9 Å². The van der Waals surface area contributed by atoms with Crippen molar-refractivity contribution >= 4 is 70.0 Å². The van der Waals surface area contributed by atoms with E-state index in [9.17, 15) is 4.79 Å². The molecule has 2 heterocycles. The zero-order valence-corrected chi connectivity index (χ0v) is 28.6. The van der Waals surface area contributed by atoms with Crippen molar-refractivity contribution in [3.05, 3.63) is 154 Å². The summed E-state index contributed by atoms with van der Waals surface area (Å²) in [5.41, 5.74) is 5.86. The maximum atomic E-state index is 12.9. The van der Waals surface area contributed by atoms with Gasteiger partial charge in [-0.2, -0.15) is 15.0 Å². The van der Waals surface area contributed by atoms with Gasteiger partial charge in [-0.3, -0.25) is 9.78 Å². The molecule has 2 aromatic heterocycles. The van der Waals surface area contributed by atoms with Crippen LogP contribution in [0.1, 0.15) is 34.1 Å². The molecule has 0 amide bonds. The summed E-state index contributed by atoms with van der Waals surface area (Å²) in [7, 11) is 0. The summed E-state index contributed by atoms with van der Waals surface area (Å²) in [6.45, 7) is 2.65. The van der Waals surface area contributed by atoms with E-state index < -0.39 is 0 Å². The Morgan fingerprint density at radius 2 is 1.20 bits per heavy atom. The van der Waals surface area contributed by atoms with Crippen LogP contribution in [-0.2, 0) is 12.8 Å². The van der Waals surface area contributed by atoms with Gasteiger partial charge in [0.15, 0.2) is 5.78 Å². The van der Waals surface area contributed by atoms with Gasteiger partial charge in [0, 0.05) is 51.0 Å². The molecular weight excluding hydrogens is 669 g/mol. The first-order chi connectivity index (χ1) is 24.4. The minimum absolute atomic E-state index is 0.123. The molecule has 0 bridgehead atoms. The Morgan fingerprint density at radius 1 is 0.680 bits per heavy atom. The topological polar surface area (TPSA) is 114 Å². The molecule has 9 nitrogen and oxygen atoms in total. The van der Waals surface area contributed by atoms with Crippen molar-refractivity contribution in [3.63, 3.8) is 0 Å². The predicted octanol–water partition coefficient (Wildman–Crippen LogP) is 9.88. The summed E-state index contributed by atoms with van der Waals surface area (Å²) in [6.07, 6.45) is 6.96. The van der Waals surface area contributed by atoms with Gasteiger partial charge in [0.2, 0.25) is 17.8 Å². The van der Waals surface area contributed by atoms with Gasteiger partial charge in [-0.05, 0) is 115 Å². The van der Waals surface area contributed by atoms with Crippen LogP contribution in [0.2, 0.25) is 10.0 Å². The molecule has 250 valence electrons. The molecule has 0 saturated carbocycles. The van der Waals surface area contributed by atoms with E-state index in [0.29, 0.717) is 45.7 Å². The molecule has 0 aliphatic carbocycles. The molecule has 0 fully saturated rings. The molecule has 6 rings (SSSR count). The molecule has 0 radical (unpaired) electrons. The number of halogens is 2. The van der Waals surface area contributed by atoms with E-state index in [1.807, 2.05) is 60.8 Å². The van der Waals surface area contributed by atoms with Crippen LogP contribution in [0.25, 0.3) is 6.08 Å². The molecule has 50 heavy (non-hydrogen) atoms. The normalized spacial score (nSPS) is 10.9. The lowest BCUT2D eigenvalue weighted by atomic mass is 10.1. The summed E-state index contributed by atoms with van der Waals surface area (Å²) in [4.78, 5) is 31.0. The Labute approximate surface area is 300 Å². The van der Waals surface area contributed by atoms with Gasteiger partial charge >= 0.3 is 0 Å². The molecule has 0 aliphatic heterocycles. The third-order valence-electron chi connectivity index (χ3n) is 7.49. The lowest BCUT2D eigenvalue weighted by molar-refractivity contribution is 0.104. The van der Waals surface area contributed by atoms with E-state index in [0.717, 1.165) is 41.2 Å². The molecule has 0 atom stereocenters. The summed E-state index contributed by atoms with van der Waals surface area (Å²) in [6, 6.07) is 33.2. The van der Waals surface area contributed by atoms with Crippen LogP contribution in [0.3, 0.4) is 0 Å². The number of anilines is 6. The number of aromatic nitrogens is 4. The van der Waals surface area contributed by atoms with Crippen molar-refractivity contribution in [2.75, 3.05) is 22.6 Å². The average Bonchev–Trinajstić information content (AvgIpc) is 3.13. The Bertz CT molecular complexity index is 1990.